The van der Waals surface area contributed by atoms with Crippen LogP contribution in [0.5, 0.6) is 0 Å². The number of amides is 1. The summed E-state index contributed by atoms with van der Waals surface area (Å²) in [7, 11) is 0. The molecule has 0 radical (unpaired) electrons. The Morgan fingerprint density at radius 2 is 1.72 bits per heavy atom. The van der Waals surface area contributed by atoms with Crippen molar-refractivity contribution in [3.05, 3.63) is 117 Å². The molecule has 3 aromatic carbocycles. The Hall–Kier alpha value is -3.97. The van der Waals surface area contributed by atoms with Crippen LogP contribution >= 0.6 is 11.6 Å². The zero-order chi connectivity index (χ0) is 22.5. The van der Waals surface area contributed by atoms with E-state index in [9.17, 15) is 14.9 Å². The molecule has 1 heterocycles. The molecular formula is C24H19ClN4O3. The Kier molecular flexibility index (Phi) is 6.28. The topological polar surface area (TPSA) is 90.1 Å². The molecule has 32 heavy (non-hydrogen) atoms. The van der Waals surface area contributed by atoms with Crippen LogP contribution in [-0.4, -0.2) is 20.6 Å². The van der Waals surface area contributed by atoms with E-state index in [0.29, 0.717) is 6.54 Å². The summed E-state index contributed by atoms with van der Waals surface area (Å²) in [6, 6.07) is 23.5. The van der Waals surface area contributed by atoms with Gasteiger partial charge in [0.1, 0.15) is 5.56 Å². The van der Waals surface area contributed by atoms with Crippen LogP contribution in [-0.2, 0) is 13.1 Å². The normalized spacial score (nSPS) is 10.7. The summed E-state index contributed by atoms with van der Waals surface area (Å²) < 4.78 is 1.82. The fraction of sp³-hybridized carbons (Fsp3) is 0.0833. The van der Waals surface area contributed by atoms with Crippen molar-refractivity contribution in [3.8, 4) is 11.3 Å². The maximum absolute atomic E-state index is 12.7. The number of aromatic nitrogens is 2. The van der Waals surface area contributed by atoms with Gasteiger partial charge >= 0.3 is 0 Å². The smallest absolute Gasteiger partial charge is 0.282 e. The van der Waals surface area contributed by atoms with Crippen molar-refractivity contribution in [2.24, 2.45) is 0 Å². The molecule has 0 saturated carbocycles. The lowest BCUT2D eigenvalue weighted by atomic mass is 10.1. The van der Waals surface area contributed by atoms with Gasteiger partial charge in [-0.25, -0.2) is 0 Å². The molecule has 0 atom stereocenters. The van der Waals surface area contributed by atoms with Gasteiger partial charge in [0.25, 0.3) is 11.6 Å². The molecule has 1 amide bonds. The molecule has 0 aliphatic carbocycles. The second-order valence-electron chi connectivity index (χ2n) is 7.15. The van der Waals surface area contributed by atoms with Gasteiger partial charge < -0.3 is 5.32 Å². The van der Waals surface area contributed by atoms with E-state index < -0.39 is 10.8 Å². The fourth-order valence-corrected chi connectivity index (χ4v) is 3.57. The molecule has 4 aromatic rings. The molecular weight excluding hydrogens is 428 g/mol. The van der Waals surface area contributed by atoms with Gasteiger partial charge in [-0.05, 0) is 17.7 Å². The highest BCUT2D eigenvalue weighted by atomic mass is 35.5. The Balaban J connectivity index is 1.61. The Morgan fingerprint density at radius 1 is 1.03 bits per heavy atom. The van der Waals surface area contributed by atoms with E-state index in [2.05, 4.69) is 5.32 Å². The van der Waals surface area contributed by atoms with Crippen molar-refractivity contribution >= 4 is 23.2 Å². The largest absolute Gasteiger partial charge is 0.348 e. The fourth-order valence-electron chi connectivity index (χ4n) is 3.40. The van der Waals surface area contributed by atoms with Crippen LogP contribution in [0.25, 0.3) is 11.3 Å². The molecule has 0 aliphatic heterocycles. The van der Waals surface area contributed by atoms with Crippen molar-refractivity contribution in [2.75, 3.05) is 0 Å². The minimum Gasteiger partial charge on any atom is -0.348 e. The molecule has 0 spiro atoms. The second kappa shape index (κ2) is 9.45. The summed E-state index contributed by atoms with van der Waals surface area (Å²) in [5, 5.41) is 19.0. The van der Waals surface area contributed by atoms with E-state index in [-0.39, 0.29) is 22.8 Å². The Morgan fingerprint density at radius 3 is 2.41 bits per heavy atom. The van der Waals surface area contributed by atoms with Gasteiger partial charge in [0.2, 0.25) is 0 Å². The molecule has 1 aromatic heterocycles. The van der Waals surface area contributed by atoms with Crippen LogP contribution in [0.4, 0.5) is 5.69 Å². The van der Waals surface area contributed by atoms with Crippen molar-refractivity contribution in [1.82, 2.24) is 15.1 Å². The third-order valence-corrected chi connectivity index (χ3v) is 5.15. The van der Waals surface area contributed by atoms with Crippen LogP contribution in [0.1, 0.15) is 21.5 Å². The molecule has 0 unspecified atom stereocenters. The van der Waals surface area contributed by atoms with Crippen LogP contribution < -0.4 is 5.32 Å². The predicted octanol–water partition coefficient (Wildman–Crippen LogP) is 5.09. The standard InChI is InChI=1S/C24H19ClN4O3/c25-20-11-12-22(29(31)32)21(13-20)24(30)26-14-19-16-28(15-17-7-3-1-4-8-17)27-23(19)18-9-5-2-6-10-18/h1-13,16H,14-15H2,(H,26,30). The third kappa shape index (κ3) is 4.84. The summed E-state index contributed by atoms with van der Waals surface area (Å²) in [6.07, 6.45) is 1.88. The second-order valence-corrected chi connectivity index (χ2v) is 7.59. The molecule has 0 bridgehead atoms. The lowest BCUT2D eigenvalue weighted by Crippen LogP contribution is -2.23. The van der Waals surface area contributed by atoms with E-state index in [1.54, 1.807) is 0 Å². The van der Waals surface area contributed by atoms with Crippen LogP contribution in [0, 0.1) is 10.1 Å². The summed E-state index contributed by atoms with van der Waals surface area (Å²) in [5.74, 6) is -0.575. The number of hydrogen-bond acceptors (Lipinski definition) is 4. The van der Waals surface area contributed by atoms with Crippen molar-refractivity contribution in [2.45, 2.75) is 13.1 Å². The number of carbonyl (C=O) groups excluding carboxylic acids is 1. The molecule has 0 fully saturated rings. The Labute approximate surface area is 189 Å². The van der Waals surface area contributed by atoms with Crippen LogP contribution in [0.2, 0.25) is 5.02 Å². The molecule has 160 valence electrons. The Bertz CT molecular complexity index is 1260. The number of nitro groups is 1. The summed E-state index contributed by atoms with van der Waals surface area (Å²) in [4.78, 5) is 23.4. The van der Waals surface area contributed by atoms with E-state index in [1.807, 2.05) is 71.5 Å². The number of rotatable bonds is 7. The van der Waals surface area contributed by atoms with Gasteiger partial charge in [0.15, 0.2) is 0 Å². The first-order valence-electron chi connectivity index (χ1n) is 9.89. The minimum atomic E-state index is -0.599. The van der Waals surface area contributed by atoms with E-state index in [1.165, 1.54) is 18.2 Å². The number of carbonyl (C=O) groups is 1. The highest BCUT2D eigenvalue weighted by Gasteiger charge is 2.21. The molecule has 7 nitrogen and oxygen atoms in total. The number of nitrogens with zero attached hydrogens (tertiary/aromatic N) is 3. The number of halogens is 1. The molecule has 8 heteroatoms. The molecule has 4 rings (SSSR count). The van der Waals surface area contributed by atoms with E-state index in [0.717, 1.165) is 22.4 Å². The minimum absolute atomic E-state index is 0.0829. The van der Waals surface area contributed by atoms with E-state index in [4.69, 9.17) is 16.7 Å². The number of nitrogens with one attached hydrogen (secondary N) is 1. The van der Waals surface area contributed by atoms with Crippen LogP contribution in [0.15, 0.2) is 85.1 Å². The molecule has 1 N–H and O–H groups in total. The first-order valence-corrected chi connectivity index (χ1v) is 10.3. The van der Waals surface area contributed by atoms with Gasteiger partial charge in [-0.2, -0.15) is 5.10 Å². The summed E-state index contributed by atoms with van der Waals surface area (Å²) in [6.45, 7) is 0.732. The highest BCUT2D eigenvalue weighted by molar-refractivity contribution is 6.31. The quantitative estimate of drug-likeness (QED) is 0.316. The van der Waals surface area contributed by atoms with Gasteiger partial charge in [-0.3, -0.25) is 19.6 Å². The first kappa shape index (κ1) is 21.3. The monoisotopic (exact) mass is 446 g/mol. The number of benzene rings is 3. The van der Waals surface area contributed by atoms with Crippen molar-refractivity contribution in [1.29, 1.82) is 0 Å². The SMILES string of the molecule is O=C(NCc1cn(Cc2ccccc2)nc1-c1ccccc1)c1cc(Cl)ccc1[N+](=O)[O-]. The molecule has 0 aliphatic rings. The number of hydrogen-bond donors (Lipinski definition) is 1. The van der Waals surface area contributed by atoms with Crippen molar-refractivity contribution < 1.29 is 9.72 Å². The highest BCUT2D eigenvalue weighted by Crippen LogP contribution is 2.25. The first-order chi connectivity index (χ1) is 15.5. The van der Waals surface area contributed by atoms with Gasteiger partial charge in [-0.1, -0.05) is 72.3 Å². The maximum Gasteiger partial charge on any atom is 0.282 e. The molecule has 0 saturated heterocycles. The summed E-state index contributed by atoms with van der Waals surface area (Å²) in [5.41, 5.74) is 3.17. The van der Waals surface area contributed by atoms with E-state index >= 15 is 0 Å². The maximum atomic E-state index is 12.7. The number of nitro benzene ring substituents is 1. The van der Waals surface area contributed by atoms with Crippen molar-refractivity contribution in [3.63, 3.8) is 0 Å². The average Bonchev–Trinajstić information content (AvgIpc) is 3.21. The lowest BCUT2D eigenvalue weighted by Gasteiger charge is -2.07. The lowest BCUT2D eigenvalue weighted by molar-refractivity contribution is -0.385. The average molecular weight is 447 g/mol. The third-order valence-electron chi connectivity index (χ3n) is 4.91. The predicted molar refractivity (Wildman–Crippen MR) is 122 cm³/mol. The van der Waals surface area contributed by atoms with Gasteiger partial charge in [-0.15, -0.1) is 0 Å². The summed E-state index contributed by atoms with van der Waals surface area (Å²) >= 11 is 5.95. The van der Waals surface area contributed by atoms with Gasteiger partial charge in [0, 0.05) is 35.0 Å². The van der Waals surface area contributed by atoms with Gasteiger partial charge in [0.05, 0.1) is 17.2 Å². The zero-order valence-corrected chi connectivity index (χ0v) is 17.7. The van der Waals surface area contributed by atoms with Crippen LogP contribution in [0.3, 0.4) is 0 Å². The zero-order valence-electron chi connectivity index (χ0n) is 16.9.